The van der Waals surface area contributed by atoms with Gasteiger partial charge in [0.1, 0.15) is 5.75 Å². The number of benzene rings is 1. The fourth-order valence-electron chi connectivity index (χ4n) is 3.14. The van der Waals surface area contributed by atoms with E-state index >= 15 is 0 Å². The van der Waals surface area contributed by atoms with Crippen molar-refractivity contribution in [2.24, 2.45) is 0 Å². The van der Waals surface area contributed by atoms with Gasteiger partial charge in [0.15, 0.2) is 11.5 Å². The Hall–Kier alpha value is -3.61. The SMILES string of the molecule is COc1ccc(Nc2nc(-c3cc(C(C)C)ccc3OC)cn3ccnc23)cn1. The molecule has 3 heterocycles. The molecule has 0 unspecified atom stereocenters. The Labute approximate surface area is 169 Å². The lowest BCUT2D eigenvalue weighted by Crippen LogP contribution is -2.02. The van der Waals surface area contributed by atoms with Crippen molar-refractivity contribution in [2.75, 3.05) is 19.5 Å². The highest BCUT2D eigenvalue weighted by molar-refractivity contribution is 5.76. The molecule has 1 aromatic carbocycles. The van der Waals surface area contributed by atoms with Gasteiger partial charge in [-0.1, -0.05) is 19.9 Å². The Bertz CT molecular complexity index is 1140. The first kappa shape index (κ1) is 18.7. The molecule has 0 bridgehead atoms. The number of fused-ring (bicyclic) bond motifs is 1. The van der Waals surface area contributed by atoms with Crippen LogP contribution in [0.25, 0.3) is 16.9 Å². The van der Waals surface area contributed by atoms with Crippen LogP contribution in [0.15, 0.2) is 55.1 Å². The van der Waals surface area contributed by atoms with Gasteiger partial charge in [0.05, 0.1) is 31.8 Å². The second-order valence-corrected chi connectivity index (χ2v) is 6.96. The Morgan fingerprint density at radius 3 is 2.59 bits per heavy atom. The van der Waals surface area contributed by atoms with Crippen molar-refractivity contribution < 1.29 is 9.47 Å². The Balaban J connectivity index is 1.81. The molecule has 0 aliphatic heterocycles. The van der Waals surface area contributed by atoms with Gasteiger partial charge >= 0.3 is 0 Å². The summed E-state index contributed by atoms with van der Waals surface area (Å²) in [5, 5.41) is 3.32. The maximum absolute atomic E-state index is 5.60. The third-order valence-corrected chi connectivity index (χ3v) is 4.75. The molecule has 7 nitrogen and oxygen atoms in total. The third kappa shape index (κ3) is 3.71. The van der Waals surface area contributed by atoms with Gasteiger partial charge in [0.2, 0.25) is 5.88 Å². The lowest BCUT2D eigenvalue weighted by atomic mass is 9.99. The van der Waals surface area contributed by atoms with Crippen molar-refractivity contribution in [2.45, 2.75) is 19.8 Å². The summed E-state index contributed by atoms with van der Waals surface area (Å²) in [6.07, 6.45) is 7.31. The van der Waals surface area contributed by atoms with E-state index in [0.717, 1.165) is 28.3 Å². The molecule has 7 heteroatoms. The van der Waals surface area contributed by atoms with Crippen LogP contribution in [0.1, 0.15) is 25.3 Å². The number of ether oxygens (including phenoxy) is 2. The summed E-state index contributed by atoms with van der Waals surface area (Å²) in [5.41, 5.74) is 4.47. The van der Waals surface area contributed by atoms with E-state index in [4.69, 9.17) is 14.5 Å². The summed E-state index contributed by atoms with van der Waals surface area (Å²) >= 11 is 0. The average molecular weight is 389 g/mol. The lowest BCUT2D eigenvalue weighted by Gasteiger charge is -2.14. The molecule has 1 N–H and O–H groups in total. The van der Waals surface area contributed by atoms with Gasteiger partial charge in [0, 0.05) is 30.2 Å². The Morgan fingerprint density at radius 1 is 1.03 bits per heavy atom. The molecule has 0 radical (unpaired) electrons. The van der Waals surface area contributed by atoms with Gasteiger partial charge in [-0.3, -0.25) is 0 Å². The zero-order valence-corrected chi connectivity index (χ0v) is 16.9. The van der Waals surface area contributed by atoms with Crippen molar-refractivity contribution in [1.29, 1.82) is 0 Å². The molecule has 3 aromatic heterocycles. The van der Waals surface area contributed by atoms with Gasteiger partial charge in [-0.05, 0) is 29.7 Å². The maximum atomic E-state index is 5.60. The summed E-state index contributed by atoms with van der Waals surface area (Å²) in [7, 11) is 3.26. The van der Waals surface area contributed by atoms with Crippen LogP contribution in [0, 0.1) is 0 Å². The van der Waals surface area contributed by atoms with Crippen LogP contribution in [0.2, 0.25) is 0 Å². The topological polar surface area (TPSA) is 73.6 Å². The summed E-state index contributed by atoms with van der Waals surface area (Å²) in [5.74, 6) is 2.37. The quantitative estimate of drug-likeness (QED) is 0.516. The van der Waals surface area contributed by atoms with E-state index in [1.165, 1.54) is 5.56 Å². The van der Waals surface area contributed by atoms with Crippen LogP contribution in [0.5, 0.6) is 11.6 Å². The van der Waals surface area contributed by atoms with E-state index in [9.17, 15) is 0 Å². The number of aromatic nitrogens is 4. The zero-order valence-electron chi connectivity index (χ0n) is 16.9. The smallest absolute Gasteiger partial charge is 0.213 e. The van der Waals surface area contributed by atoms with Crippen LogP contribution >= 0.6 is 0 Å². The van der Waals surface area contributed by atoms with Crippen molar-refractivity contribution in [3.05, 3.63) is 60.7 Å². The number of imidazole rings is 1. The van der Waals surface area contributed by atoms with Crippen LogP contribution in [-0.2, 0) is 0 Å². The van der Waals surface area contributed by atoms with E-state index < -0.39 is 0 Å². The van der Waals surface area contributed by atoms with Gasteiger partial charge in [-0.2, -0.15) is 0 Å². The van der Waals surface area contributed by atoms with E-state index in [-0.39, 0.29) is 0 Å². The number of methoxy groups -OCH3 is 2. The Kier molecular flexibility index (Phi) is 5.03. The van der Waals surface area contributed by atoms with Crippen molar-refractivity contribution >= 4 is 17.2 Å². The standard InChI is InChI=1S/C22H23N5O2/c1-14(2)15-5-7-19(28-3)17(11-15)18-13-27-10-9-23-22(27)21(26-18)25-16-6-8-20(29-4)24-12-16/h5-14H,1-4H3,(H,25,26). The van der Waals surface area contributed by atoms with E-state index in [0.29, 0.717) is 17.6 Å². The van der Waals surface area contributed by atoms with Crippen LogP contribution in [-0.4, -0.2) is 33.6 Å². The molecule has 0 fully saturated rings. The molecule has 4 rings (SSSR count). The first-order valence-electron chi connectivity index (χ1n) is 9.38. The molecule has 148 valence electrons. The fourth-order valence-corrected chi connectivity index (χ4v) is 3.14. The van der Waals surface area contributed by atoms with E-state index in [1.807, 2.05) is 28.9 Å². The predicted octanol–water partition coefficient (Wildman–Crippen LogP) is 4.68. The summed E-state index contributed by atoms with van der Waals surface area (Å²) in [4.78, 5) is 13.5. The van der Waals surface area contributed by atoms with Gasteiger partial charge < -0.3 is 19.2 Å². The molecule has 0 saturated heterocycles. The first-order valence-corrected chi connectivity index (χ1v) is 9.38. The first-order chi connectivity index (χ1) is 14.1. The molecule has 4 aromatic rings. The highest BCUT2D eigenvalue weighted by Gasteiger charge is 2.15. The van der Waals surface area contributed by atoms with Crippen molar-refractivity contribution in [3.8, 4) is 22.9 Å². The van der Waals surface area contributed by atoms with Crippen molar-refractivity contribution in [1.82, 2.24) is 19.4 Å². The zero-order chi connectivity index (χ0) is 20.4. The number of hydrogen-bond acceptors (Lipinski definition) is 6. The van der Waals surface area contributed by atoms with Crippen molar-refractivity contribution in [3.63, 3.8) is 0 Å². The number of nitrogens with one attached hydrogen (secondary N) is 1. The van der Waals surface area contributed by atoms with Gasteiger partial charge in [0.25, 0.3) is 0 Å². The summed E-state index contributed by atoms with van der Waals surface area (Å²) in [6.45, 7) is 4.34. The minimum absolute atomic E-state index is 0.402. The molecular formula is C22H23N5O2. The number of rotatable bonds is 6. The largest absolute Gasteiger partial charge is 0.496 e. The summed E-state index contributed by atoms with van der Waals surface area (Å²) in [6, 6.07) is 9.90. The number of nitrogens with zero attached hydrogens (tertiary/aromatic N) is 4. The van der Waals surface area contributed by atoms with Gasteiger partial charge in [-0.15, -0.1) is 0 Å². The average Bonchev–Trinajstić information content (AvgIpc) is 3.22. The molecule has 29 heavy (non-hydrogen) atoms. The third-order valence-electron chi connectivity index (χ3n) is 4.75. The molecule has 0 aliphatic rings. The van der Waals surface area contributed by atoms with Crippen LogP contribution in [0.3, 0.4) is 0 Å². The van der Waals surface area contributed by atoms with Crippen LogP contribution in [0.4, 0.5) is 11.5 Å². The Morgan fingerprint density at radius 2 is 1.90 bits per heavy atom. The predicted molar refractivity (Wildman–Crippen MR) is 113 cm³/mol. The molecule has 0 amide bonds. The molecule has 0 aliphatic carbocycles. The molecular weight excluding hydrogens is 366 g/mol. The number of hydrogen-bond donors (Lipinski definition) is 1. The molecule has 0 spiro atoms. The second-order valence-electron chi connectivity index (χ2n) is 6.96. The number of anilines is 2. The van der Waals surface area contributed by atoms with Gasteiger partial charge in [-0.25, -0.2) is 15.0 Å². The van der Waals surface area contributed by atoms with E-state index in [1.54, 1.807) is 32.7 Å². The molecule has 0 saturated carbocycles. The highest BCUT2D eigenvalue weighted by Crippen LogP contribution is 2.33. The fraction of sp³-hybridized carbons (Fsp3) is 0.227. The van der Waals surface area contributed by atoms with Crippen LogP contribution < -0.4 is 14.8 Å². The minimum atomic E-state index is 0.402. The normalized spacial score (nSPS) is 11.1. The number of pyridine rings is 1. The maximum Gasteiger partial charge on any atom is 0.213 e. The second kappa shape index (κ2) is 7.79. The lowest BCUT2D eigenvalue weighted by molar-refractivity contribution is 0.398. The summed E-state index contributed by atoms with van der Waals surface area (Å²) < 4.78 is 12.7. The molecule has 0 atom stereocenters. The van der Waals surface area contributed by atoms with E-state index in [2.05, 4.69) is 41.3 Å². The monoisotopic (exact) mass is 389 g/mol. The minimum Gasteiger partial charge on any atom is -0.496 e. The highest BCUT2D eigenvalue weighted by atomic mass is 16.5.